The first-order chi connectivity index (χ1) is 31.8. The highest BCUT2D eigenvalue weighted by Crippen LogP contribution is 2.57. The van der Waals surface area contributed by atoms with Gasteiger partial charge in [-0.15, -0.1) is 0 Å². The molecule has 0 heterocycles. The number of anilines is 3. The molecule has 0 bridgehead atoms. The van der Waals surface area contributed by atoms with Gasteiger partial charge in [-0.05, 0) is 102 Å². The predicted molar refractivity (Wildman–Crippen MR) is 270 cm³/mol. The van der Waals surface area contributed by atoms with Gasteiger partial charge in [-0.3, -0.25) is 0 Å². The third-order valence-electron chi connectivity index (χ3n) is 13.4. The Balaban J connectivity index is 1.08. The first-order valence-corrected chi connectivity index (χ1v) is 22.2. The number of rotatable bonds is 8. The lowest BCUT2D eigenvalue weighted by Crippen LogP contribution is -2.28. The molecule has 0 saturated heterocycles. The van der Waals surface area contributed by atoms with Crippen LogP contribution in [0, 0.1) is 0 Å². The largest absolute Gasteiger partial charge is 0.309 e. The first kappa shape index (κ1) is 37.5. The van der Waals surface area contributed by atoms with Gasteiger partial charge in [-0.1, -0.05) is 237 Å². The van der Waals surface area contributed by atoms with Gasteiger partial charge in [0.15, 0.2) is 0 Å². The summed E-state index contributed by atoms with van der Waals surface area (Å²) >= 11 is 0. The maximum Gasteiger partial charge on any atom is 0.0713 e. The monoisotopic (exact) mass is 813 g/mol. The van der Waals surface area contributed by atoms with E-state index in [1.54, 1.807) is 0 Å². The van der Waals surface area contributed by atoms with E-state index < -0.39 is 5.41 Å². The number of hydrogen-bond acceptors (Lipinski definition) is 1. The summed E-state index contributed by atoms with van der Waals surface area (Å²) in [6.07, 6.45) is 0. The molecule has 0 atom stereocenters. The maximum absolute atomic E-state index is 2.49. The number of nitrogens with zero attached hydrogens (tertiary/aromatic N) is 1. The Morgan fingerprint density at radius 1 is 0.250 bits per heavy atom. The summed E-state index contributed by atoms with van der Waals surface area (Å²) < 4.78 is 0. The van der Waals surface area contributed by atoms with Crippen molar-refractivity contribution in [3.8, 4) is 44.5 Å². The minimum absolute atomic E-state index is 0.486. The Kier molecular flexibility index (Phi) is 9.13. The fraction of sp³-hybridized carbons (Fsp3) is 0.0159. The molecule has 0 fully saturated rings. The van der Waals surface area contributed by atoms with Crippen LogP contribution in [0.5, 0.6) is 0 Å². The van der Waals surface area contributed by atoms with Crippen LogP contribution < -0.4 is 4.90 Å². The number of benzene rings is 11. The van der Waals surface area contributed by atoms with Crippen molar-refractivity contribution in [1.82, 2.24) is 0 Å². The topological polar surface area (TPSA) is 3.24 Å². The summed E-state index contributed by atoms with van der Waals surface area (Å²) in [6.45, 7) is 0. The second-order valence-corrected chi connectivity index (χ2v) is 16.8. The molecule has 11 aromatic carbocycles. The van der Waals surface area contributed by atoms with Gasteiger partial charge in [0, 0.05) is 22.3 Å². The zero-order valence-electron chi connectivity index (χ0n) is 35.3. The van der Waals surface area contributed by atoms with Gasteiger partial charge in [0.1, 0.15) is 0 Å². The van der Waals surface area contributed by atoms with Crippen LogP contribution in [0.25, 0.3) is 66.1 Å². The molecule has 12 rings (SSSR count). The van der Waals surface area contributed by atoms with Crippen molar-refractivity contribution in [3.63, 3.8) is 0 Å². The minimum atomic E-state index is -0.486. The van der Waals surface area contributed by atoms with Gasteiger partial charge < -0.3 is 4.90 Å². The number of hydrogen-bond donors (Lipinski definition) is 0. The fourth-order valence-corrected chi connectivity index (χ4v) is 10.5. The van der Waals surface area contributed by atoms with Crippen LogP contribution in [0.15, 0.2) is 261 Å². The molecule has 0 amide bonds. The number of fused-ring (bicyclic) bond motifs is 6. The lowest BCUT2D eigenvalue weighted by Gasteiger charge is -2.35. The first-order valence-electron chi connectivity index (χ1n) is 22.2. The van der Waals surface area contributed by atoms with E-state index in [4.69, 9.17) is 0 Å². The molecular weight excluding hydrogens is 771 g/mol. The molecule has 0 unspecified atom stereocenters. The molecule has 64 heavy (non-hydrogen) atoms. The summed E-state index contributed by atoms with van der Waals surface area (Å²) in [6, 6.07) is 95.8. The molecule has 0 spiro atoms. The molecule has 1 nitrogen and oxygen atoms in total. The third kappa shape index (κ3) is 6.01. The fourth-order valence-electron chi connectivity index (χ4n) is 10.5. The van der Waals surface area contributed by atoms with Crippen LogP contribution >= 0.6 is 0 Å². The standard InChI is InChI=1S/C63H43N/c1-4-18-44(19-5-1)45-32-34-46(35-33-45)47-36-40-51(41-37-47)64(62-58-29-13-11-25-54(58)53-24-10-12-28-57(53)61(62)48-20-6-2-7-21-48)52-42-38-50(39-43-52)63(49-22-8-3-9-23-49)59-30-16-14-26-55(59)56-27-15-17-31-60(56)63/h1-43H. The van der Waals surface area contributed by atoms with E-state index in [0.29, 0.717) is 0 Å². The van der Waals surface area contributed by atoms with Crippen LogP contribution in [0.4, 0.5) is 17.1 Å². The van der Waals surface area contributed by atoms with Gasteiger partial charge in [0.05, 0.1) is 11.1 Å². The quantitative estimate of drug-likeness (QED) is 0.138. The van der Waals surface area contributed by atoms with Crippen molar-refractivity contribution in [3.05, 3.63) is 283 Å². The summed E-state index contributed by atoms with van der Waals surface area (Å²) in [5.74, 6) is 0. The Labute approximate surface area is 374 Å². The van der Waals surface area contributed by atoms with Gasteiger partial charge in [0.2, 0.25) is 0 Å². The second kappa shape index (κ2) is 15.6. The zero-order valence-corrected chi connectivity index (χ0v) is 35.3. The average molecular weight is 814 g/mol. The molecule has 1 aliphatic carbocycles. The Hall–Kier alpha value is -8.26. The van der Waals surface area contributed by atoms with Crippen molar-refractivity contribution in [1.29, 1.82) is 0 Å². The molecule has 1 aliphatic rings. The van der Waals surface area contributed by atoms with Crippen LogP contribution in [0.2, 0.25) is 0 Å². The molecule has 0 aliphatic heterocycles. The maximum atomic E-state index is 2.49. The summed E-state index contributed by atoms with van der Waals surface area (Å²) in [7, 11) is 0. The Morgan fingerprint density at radius 2 is 0.609 bits per heavy atom. The summed E-state index contributed by atoms with van der Waals surface area (Å²) in [5.41, 5.74) is 17.7. The van der Waals surface area contributed by atoms with E-state index in [-0.39, 0.29) is 0 Å². The Bertz CT molecular complexity index is 3400. The molecule has 0 saturated carbocycles. The van der Waals surface area contributed by atoms with E-state index in [1.165, 1.54) is 88.3 Å². The van der Waals surface area contributed by atoms with E-state index >= 15 is 0 Å². The summed E-state index contributed by atoms with van der Waals surface area (Å²) in [5, 5.41) is 4.89. The molecule has 0 radical (unpaired) electrons. The molecule has 0 N–H and O–H groups in total. The van der Waals surface area contributed by atoms with Gasteiger partial charge in [-0.2, -0.15) is 0 Å². The zero-order chi connectivity index (χ0) is 42.5. The average Bonchev–Trinajstić information content (AvgIpc) is 3.69. The van der Waals surface area contributed by atoms with Crippen molar-refractivity contribution < 1.29 is 0 Å². The molecule has 1 heteroatoms. The Morgan fingerprint density at radius 3 is 1.16 bits per heavy atom. The smallest absolute Gasteiger partial charge is 0.0713 e. The third-order valence-corrected chi connectivity index (χ3v) is 13.4. The molecule has 0 aromatic heterocycles. The molecule has 11 aromatic rings. The van der Waals surface area contributed by atoms with Gasteiger partial charge >= 0.3 is 0 Å². The summed E-state index contributed by atoms with van der Waals surface area (Å²) in [4.78, 5) is 2.49. The predicted octanol–water partition coefficient (Wildman–Crippen LogP) is 16.8. The normalized spacial score (nSPS) is 12.5. The van der Waals surface area contributed by atoms with Gasteiger partial charge in [0.25, 0.3) is 0 Å². The highest BCUT2D eigenvalue weighted by molar-refractivity contribution is 6.22. The lowest BCUT2D eigenvalue weighted by molar-refractivity contribution is 0.768. The van der Waals surface area contributed by atoms with Gasteiger partial charge in [-0.25, -0.2) is 0 Å². The van der Waals surface area contributed by atoms with E-state index in [1.807, 2.05) is 0 Å². The van der Waals surface area contributed by atoms with Crippen LogP contribution in [0.1, 0.15) is 22.3 Å². The van der Waals surface area contributed by atoms with Crippen LogP contribution in [-0.4, -0.2) is 0 Å². The van der Waals surface area contributed by atoms with Crippen molar-refractivity contribution >= 4 is 38.6 Å². The van der Waals surface area contributed by atoms with E-state index in [2.05, 4.69) is 266 Å². The van der Waals surface area contributed by atoms with Crippen molar-refractivity contribution in [2.24, 2.45) is 0 Å². The minimum Gasteiger partial charge on any atom is -0.309 e. The van der Waals surface area contributed by atoms with Crippen LogP contribution in [-0.2, 0) is 5.41 Å². The van der Waals surface area contributed by atoms with Crippen molar-refractivity contribution in [2.45, 2.75) is 5.41 Å². The highest BCUT2D eigenvalue weighted by atomic mass is 15.1. The SMILES string of the molecule is c1ccc(-c2ccc(-c3ccc(N(c4ccc(C5(c6ccccc6)c6ccccc6-c6ccccc65)cc4)c4c(-c5ccccc5)c5ccccc5c5ccccc45)cc3)cc2)cc1. The molecular formula is C63H43N. The van der Waals surface area contributed by atoms with Crippen molar-refractivity contribution in [2.75, 3.05) is 4.90 Å². The van der Waals surface area contributed by atoms with Crippen LogP contribution in [0.3, 0.4) is 0 Å². The molecule has 300 valence electrons. The lowest BCUT2D eigenvalue weighted by atomic mass is 9.67. The van der Waals surface area contributed by atoms with E-state index in [0.717, 1.165) is 17.1 Å². The highest BCUT2D eigenvalue weighted by Gasteiger charge is 2.45. The van der Waals surface area contributed by atoms with E-state index in [9.17, 15) is 0 Å². The second-order valence-electron chi connectivity index (χ2n) is 16.8.